The van der Waals surface area contributed by atoms with Crippen LogP contribution in [-0.2, 0) is 11.3 Å². The van der Waals surface area contributed by atoms with E-state index in [1.54, 1.807) is 10.9 Å². The Morgan fingerprint density at radius 1 is 1.55 bits per heavy atom. The molecule has 2 rings (SSSR count). The van der Waals surface area contributed by atoms with Gasteiger partial charge < -0.3 is 15.2 Å². The first-order chi connectivity index (χ1) is 9.37. The quantitative estimate of drug-likeness (QED) is 0.867. The molecule has 0 radical (unpaired) electrons. The Kier molecular flexibility index (Phi) is 4.27. The normalized spacial score (nSPS) is 22.2. The average Bonchev–Trinajstić information content (AvgIpc) is 2.72. The molecule has 20 heavy (non-hydrogen) atoms. The Bertz CT molecular complexity index is 460. The van der Waals surface area contributed by atoms with Gasteiger partial charge in [-0.1, -0.05) is 5.21 Å². The molecule has 0 aromatic carbocycles. The van der Waals surface area contributed by atoms with Crippen LogP contribution in [0.4, 0.5) is 4.79 Å². The topological polar surface area (TPSA) is 89.3 Å². The van der Waals surface area contributed by atoms with Crippen LogP contribution in [0.1, 0.15) is 45.3 Å². The van der Waals surface area contributed by atoms with E-state index in [1.807, 2.05) is 20.8 Å². The summed E-state index contributed by atoms with van der Waals surface area (Å²) in [6, 6.07) is 0.313. The van der Waals surface area contributed by atoms with Crippen LogP contribution in [-0.4, -0.2) is 38.3 Å². The van der Waals surface area contributed by atoms with Crippen LogP contribution < -0.4 is 5.32 Å². The number of amides is 1. The van der Waals surface area contributed by atoms with Crippen LogP contribution in [0.2, 0.25) is 0 Å². The molecular formula is C13H22N4O3. The zero-order valence-corrected chi connectivity index (χ0v) is 12.2. The number of nitrogens with zero attached hydrogens (tertiary/aromatic N) is 3. The summed E-state index contributed by atoms with van der Waals surface area (Å²) in [5.41, 5.74) is 0.119. The Morgan fingerprint density at radius 2 is 2.25 bits per heavy atom. The van der Waals surface area contributed by atoms with E-state index in [2.05, 4.69) is 15.6 Å². The number of carbonyl (C=O) groups is 1. The molecular weight excluding hydrogens is 260 g/mol. The number of carbonyl (C=O) groups excluding carboxylic acids is 1. The molecule has 0 unspecified atom stereocenters. The number of aliphatic hydroxyl groups is 1. The molecule has 1 aromatic rings. The number of hydrogen-bond acceptors (Lipinski definition) is 5. The van der Waals surface area contributed by atoms with Crippen molar-refractivity contribution >= 4 is 6.09 Å². The fraction of sp³-hybridized carbons (Fsp3) is 0.769. The summed E-state index contributed by atoms with van der Waals surface area (Å²) >= 11 is 0. The minimum atomic E-state index is -0.465. The van der Waals surface area contributed by atoms with E-state index in [9.17, 15) is 4.79 Å². The van der Waals surface area contributed by atoms with Crippen molar-refractivity contribution in [2.45, 2.75) is 51.9 Å². The first kappa shape index (κ1) is 14.8. The minimum absolute atomic E-state index is 0.0870. The first-order valence-corrected chi connectivity index (χ1v) is 6.86. The maximum absolute atomic E-state index is 11.5. The van der Waals surface area contributed by atoms with Crippen molar-refractivity contribution in [1.82, 2.24) is 20.3 Å². The van der Waals surface area contributed by atoms with Gasteiger partial charge in [-0.3, -0.25) is 0 Å². The third-order valence-electron chi connectivity index (χ3n) is 3.24. The summed E-state index contributed by atoms with van der Waals surface area (Å²) in [6.07, 6.45) is 3.29. The largest absolute Gasteiger partial charge is 0.444 e. The predicted octanol–water partition coefficient (Wildman–Crippen LogP) is 1.25. The van der Waals surface area contributed by atoms with Crippen LogP contribution in [0.5, 0.6) is 0 Å². The van der Waals surface area contributed by atoms with Gasteiger partial charge in [0.2, 0.25) is 0 Å². The van der Waals surface area contributed by atoms with Gasteiger partial charge in [-0.25, -0.2) is 9.48 Å². The van der Waals surface area contributed by atoms with Gasteiger partial charge >= 0.3 is 6.09 Å². The Hall–Kier alpha value is -1.63. The van der Waals surface area contributed by atoms with E-state index in [-0.39, 0.29) is 12.7 Å². The molecule has 0 atom stereocenters. The molecule has 1 aromatic heterocycles. The number of nitrogens with one attached hydrogen (secondary N) is 1. The number of rotatable bonds is 4. The minimum Gasteiger partial charge on any atom is -0.444 e. The van der Waals surface area contributed by atoms with E-state index >= 15 is 0 Å². The van der Waals surface area contributed by atoms with E-state index < -0.39 is 5.60 Å². The van der Waals surface area contributed by atoms with Crippen LogP contribution >= 0.6 is 0 Å². The van der Waals surface area contributed by atoms with Gasteiger partial charge in [-0.05, 0) is 39.5 Å². The van der Waals surface area contributed by atoms with Gasteiger partial charge in [-0.15, -0.1) is 5.10 Å². The van der Waals surface area contributed by atoms with Gasteiger partial charge in [0.25, 0.3) is 0 Å². The van der Waals surface area contributed by atoms with Gasteiger partial charge in [0.05, 0.1) is 18.8 Å². The summed E-state index contributed by atoms with van der Waals surface area (Å²) in [4.78, 5) is 11.5. The fourth-order valence-electron chi connectivity index (χ4n) is 2.19. The summed E-state index contributed by atoms with van der Waals surface area (Å²) < 4.78 is 6.97. The lowest BCUT2D eigenvalue weighted by Crippen LogP contribution is -2.39. The second-order valence-corrected chi connectivity index (χ2v) is 6.22. The highest BCUT2D eigenvalue weighted by Gasteiger charge is 2.31. The molecule has 7 nitrogen and oxygen atoms in total. The van der Waals surface area contributed by atoms with Crippen LogP contribution in [0.3, 0.4) is 0 Å². The van der Waals surface area contributed by atoms with Crippen molar-refractivity contribution in [2.24, 2.45) is 5.92 Å². The summed E-state index contributed by atoms with van der Waals surface area (Å²) in [7, 11) is 0. The van der Waals surface area contributed by atoms with Gasteiger partial charge in [0.15, 0.2) is 0 Å². The lowest BCUT2D eigenvalue weighted by atomic mass is 9.80. The van der Waals surface area contributed by atoms with E-state index in [1.165, 1.54) is 0 Å². The lowest BCUT2D eigenvalue weighted by Gasteiger charge is -2.35. The first-order valence-electron chi connectivity index (χ1n) is 6.86. The molecule has 0 saturated heterocycles. The lowest BCUT2D eigenvalue weighted by molar-refractivity contribution is 0.0497. The van der Waals surface area contributed by atoms with Crippen molar-refractivity contribution in [1.29, 1.82) is 0 Å². The van der Waals surface area contributed by atoms with Crippen molar-refractivity contribution in [3.05, 3.63) is 11.9 Å². The second kappa shape index (κ2) is 5.78. The van der Waals surface area contributed by atoms with Crippen molar-refractivity contribution in [3.63, 3.8) is 0 Å². The summed E-state index contributed by atoms with van der Waals surface area (Å²) in [5.74, 6) is 0.439. The molecule has 1 aliphatic rings. The van der Waals surface area contributed by atoms with Crippen LogP contribution in [0.25, 0.3) is 0 Å². The smallest absolute Gasteiger partial charge is 0.407 e. The highest BCUT2D eigenvalue weighted by Crippen LogP contribution is 2.36. The van der Waals surface area contributed by atoms with Gasteiger partial charge in [0, 0.05) is 6.54 Å². The highest BCUT2D eigenvalue weighted by molar-refractivity contribution is 5.67. The Balaban J connectivity index is 1.68. The molecule has 1 aliphatic carbocycles. The molecule has 0 bridgehead atoms. The standard InChI is InChI=1S/C13H22N4O3/c1-13(2,3)20-12(19)14-6-9-4-11(5-9)17-7-10(8-18)15-16-17/h7,9,11,18H,4-6,8H2,1-3H3,(H,14,19). The maximum atomic E-state index is 11.5. The van der Waals surface area contributed by atoms with Crippen molar-refractivity contribution in [2.75, 3.05) is 6.54 Å². The molecule has 7 heteroatoms. The van der Waals surface area contributed by atoms with E-state index in [4.69, 9.17) is 9.84 Å². The highest BCUT2D eigenvalue weighted by atomic mass is 16.6. The molecule has 1 heterocycles. The zero-order valence-electron chi connectivity index (χ0n) is 12.2. The molecule has 1 fully saturated rings. The van der Waals surface area contributed by atoms with Gasteiger partial charge in [-0.2, -0.15) is 0 Å². The van der Waals surface area contributed by atoms with E-state index in [0.29, 0.717) is 24.2 Å². The Labute approximate surface area is 118 Å². The van der Waals surface area contributed by atoms with Gasteiger partial charge in [0.1, 0.15) is 11.3 Å². The average molecular weight is 282 g/mol. The number of aromatic nitrogens is 3. The third-order valence-corrected chi connectivity index (χ3v) is 3.24. The molecule has 1 amide bonds. The monoisotopic (exact) mass is 282 g/mol. The number of aliphatic hydroxyl groups excluding tert-OH is 1. The predicted molar refractivity (Wildman–Crippen MR) is 71.9 cm³/mol. The summed E-state index contributed by atoms with van der Waals surface area (Å²) in [6.45, 7) is 6.06. The molecule has 2 N–H and O–H groups in total. The number of hydrogen-bond donors (Lipinski definition) is 2. The molecule has 1 saturated carbocycles. The molecule has 112 valence electrons. The number of ether oxygens (including phenoxy) is 1. The SMILES string of the molecule is CC(C)(C)OC(=O)NCC1CC(n2cc(CO)nn2)C1. The van der Waals surface area contributed by atoms with E-state index in [0.717, 1.165) is 12.8 Å². The van der Waals surface area contributed by atoms with Crippen molar-refractivity contribution < 1.29 is 14.6 Å². The zero-order chi connectivity index (χ0) is 14.8. The maximum Gasteiger partial charge on any atom is 0.407 e. The van der Waals surface area contributed by atoms with Crippen LogP contribution in [0.15, 0.2) is 6.20 Å². The van der Waals surface area contributed by atoms with Crippen molar-refractivity contribution in [3.8, 4) is 0 Å². The second-order valence-electron chi connectivity index (χ2n) is 6.22. The molecule has 0 aliphatic heterocycles. The van der Waals surface area contributed by atoms with Crippen LogP contribution in [0, 0.1) is 5.92 Å². The fourth-order valence-corrected chi connectivity index (χ4v) is 2.19. The summed E-state index contributed by atoms with van der Waals surface area (Å²) in [5, 5.41) is 19.6. The molecule has 0 spiro atoms. The third kappa shape index (κ3) is 3.93. The Morgan fingerprint density at radius 3 is 2.80 bits per heavy atom. The number of alkyl carbamates (subject to hydrolysis) is 1.